The maximum absolute atomic E-state index is 10.3. The summed E-state index contributed by atoms with van der Waals surface area (Å²) in [5.74, 6) is 0.606. The fourth-order valence-electron chi connectivity index (χ4n) is 3.20. The first-order valence-electron chi connectivity index (χ1n) is 8.94. The van der Waals surface area contributed by atoms with Gasteiger partial charge in [0.05, 0.1) is 11.6 Å². The number of phenols is 1. The molecule has 1 fully saturated rings. The normalized spacial score (nSPS) is 18.3. The second kappa shape index (κ2) is 6.94. The van der Waals surface area contributed by atoms with Crippen molar-refractivity contribution < 1.29 is 6.52 Å². The van der Waals surface area contributed by atoms with Crippen LogP contribution >= 0.6 is 0 Å². The minimum Gasteiger partial charge on any atom is -0.507 e. The lowest BCUT2D eigenvalue weighted by atomic mass is 10.0. The first-order valence-corrected chi connectivity index (χ1v) is 8.50. The monoisotopic (exact) mass is 347 g/mol. The van der Waals surface area contributed by atoms with Gasteiger partial charge in [0.1, 0.15) is 12.9 Å². The van der Waals surface area contributed by atoms with E-state index in [9.17, 15) is 5.11 Å². The molecule has 1 aromatic carbocycles. The van der Waals surface area contributed by atoms with Crippen LogP contribution in [-0.2, 0) is 0 Å². The molecule has 0 aliphatic carbocycles. The molecular weight excluding hydrogens is 328 g/mol. The van der Waals surface area contributed by atoms with E-state index in [0.29, 0.717) is 29.2 Å². The Balaban J connectivity index is 1.76. The zero-order valence-corrected chi connectivity index (χ0v) is 14.1. The van der Waals surface area contributed by atoms with Gasteiger partial charge in [-0.05, 0) is 43.7 Å². The summed E-state index contributed by atoms with van der Waals surface area (Å²) in [4.78, 5) is 4.21. The first kappa shape index (κ1) is 15.0. The van der Waals surface area contributed by atoms with E-state index < -0.39 is 0 Å². The Hall–Kier alpha value is -3.24. The molecule has 7 nitrogen and oxygen atoms in total. The number of nitrogens with one attached hydrogen (secondary N) is 2. The number of nitriles is 1. The Bertz CT molecular complexity index is 1030. The number of benzene rings is 1. The summed E-state index contributed by atoms with van der Waals surface area (Å²) in [6.45, 7) is 1.41. The molecule has 1 saturated heterocycles. The summed E-state index contributed by atoms with van der Waals surface area (Å²) in [6.07, 6.45) is 5.32. The zero-order valence-electron chi connectivity index (χ0n) is 15.1. The third kappa shape index (κ3) is 3.03. The molecule has 7 heteroatoms. The van der Waals surface area contributed by atoms with Crippen LogP contribution in [0.4, 0.5) is 5.82 Å². The van der Waals surface area contributed by atoms with Crippen molar-refractivity contribution in [3.8, 4) is 23.1 Å². The molecule has 2 aromatic heterocycles. The second-order valence-electron chi connectivity index (χ2n) is 6.28. The van der Waals surface area contributed by atoms with Crippen molar-refractivity contribution >= 4 is 16.6 Å². The smallest absolute Gasteiger partial charge is 0.158 e. The van der Waals surface area contributed by atoms with Gasteiger partial charge in [0.2, 0.25) is 0 Å². The number of nitrogens with zero attached hydrogens (tertiary/aromatic N) is 4. The minimum atomic E-state index is -0.0145. The molecule has 1 aliphatic rings. The van der Waals surface area contributed by atoms with E-state index in [4.69, 9.17) is 6.67 Å². The predicted octanol–water partition coefficient (Wildman–Crippen LogP) is 2.43. The molecule has 0 spiro atoms. The molecule has 1 atom stereocenters. The van der Waals surface area contributed by atoms with Crippen molar-refractivity contribution in [3.63, 3.8) is 0 Å². The Morgan fingerprint density at radius 3 is 3.04 bits per heavy atom. The highest BCUT2D eigenvalue weighted by molar-refractivity contribution is 6.00. The number of fused-ring (bicyclic) bond motifs is 1. The van der Waals surface area contributed by atoms with E-state index >= 15 is 0 Å². The number of anilines is 1. The molecule has 3 heterocycles. The number of hydrogen-bond acceptors (Lipinski definition) is 7. The van der Waals surface area contributed by atoms with Crippen LogP contribution in [-0.4, -0.2) is 39.4 Å². The third-order valence-corrected chi connectivity index (χ3v) is 4.52. The molecule has 3 N–H and O–H groups in total. The largest absolute Gasteiger partial charge is 0.507 e. The molecule has 0 bridgehead atoms. The van der Waals surface area contributed by atoms with Crippen molar-refractivity contribution in [2.45, 2.75) is 18.9 Å². The van der Waals surface area contributed by atoms with E-state index in [2.05, 4.69) is 20.5 Å². The molecule has 4 rings (SSSR count). The number of hydrogen-bond donors (Lipinski definition) is 3. The van der Waals surface area contributed by atoms with Gasteiger partial charge in [0.25, 0.3) is 0 Å². The molecule has 0 unspecified atom stereocenters. The number of aromatic hydroxyl groups is 1. The Labute approximate surface area is 152 Å². The van der Waals surface area contributed by atoms with Crippen LogP contribution < -0.4 is 10.6 Å². The summed E-state index contributed by atoms with van der Waals surface area (Å²) < 4.78 is 7.83. The highest BCUT2D eigenvalue weighted by Crippen LogP contribution is 2.34. The molecule has 3 aromatic rings. The van der Waals surface area contributed by atoms with Gasteiger partial charge >= 0.3 is 0 Å². The number of phenolic OH excluding ortho intramolecular Hbond substituents is 1. The van der Waals surface area contributed by atoms with Crippen LogP contribution in [0.15, 0.2) is 36.7 Å². The van der Waals surface area contributed by atoms with Crippen molar-refractivity contribution in [1.29, 1.82) is 5.26 Å². The summed E-state index contributed by atoms with van der Waals surface area (Å²) in [5, 5.41) is 34.5. The minimum absolute atomic E-state index is 0.0145. The summed E-state index contributed by atoms with van der Waals surface area (Å²) in [6, 6.07) is 8.70. The van der Waals surface area contributed by atoms with Gasteiger partial charge in [0, 0.05) is 41.3 Å². The lowest BCUT2D eigenvalue weighted by molar-refractivity contribution is 0.476. The third-order valence-electron chi connectivity index (χ3n) is 4.52. The standard InChI is InChI=1S/C19H18N6O/c20-9-12-3-4-15(17(26)8-12)18-14-5-7-22-11-16(14)19(25-24-18)23-13-2-1-6-21-10-13/h3-5,7-8,11,13,21,26H,1-2,6,10H2,(H,23,25)/t13-/m1/s1/i/hD. The van der Waals surface area contributed by atoms with E-state index in [0.717, 1.165) is 30.2 Å². The van der Waals surface area contributed by atoms with Crippen LogP contribution in [0.1, 0.15) is 18.4 Å². The van der Waals surface area contributed by atoms with Crippen molar-refractivity contribution in [1.82, 2.24) is 20.5 Å². The lowest BCUT2D eigenvalue weighted by Gasteiger charge is -2.24. The van der Waals surface area contributed by atoms with Crippen molar-refractivity contribution in [2.24, 2.45) is 0 Å². The number of aromatic nitrogens is 3. The highest BCUT2D eigenvalue weighted by Gasteiger charge is 2.18. The number of pyridine rings is 1. The Morgan fingerprint density at radius 1 is 1.31 bits per heavy atom. The van der Waals surface area contributed by atoms with Crippen LogP contribution in [0.2, 0.25) is 1.41 Å². The van der Waals surface area contributed by atoms with Crippen LogP contribution in [0.3, 0.4) is 0 Å². The maximum atomic E-state index is 10.3. The number of rotatable bonds is 3. The van der Waals surface area contributed by atoms with Gasteiger partial charge in [-0.1, -0.05) is 0 Å². The SMILES string of the molecule is [2H]N1CCC[C@@H](Nc2nnc(-c3ccc(C#N)cc3O)c3ccncc23)C1. The van der Waals surface area contributed by atoms with Gasteiger partial charge in [-0.2, -0.15) is 5.26 Å². The van der Waals surface area contributed by atoms with Crippen molar-refractivity contribution in [2.75, 3.05) is 18.4 Å². The molecule has 26 heavy (non-hydrogen) atoms. The quantitative estimate of drug-likeness (QED) is 0.668. The van der Waals surface area contributed by atoms with Crippen LogP contribution in [0.5, 0.6) is 5.75 Å². The summed E-state index contributed by atoms with van der Waals surface area (Å²) in [5.41, 5.74) is 1.43. The lowest BCUT2D eigenvalue weighted by Crippen LogP contribution is -2.38. The van der Waals surface area contributed by atoms with Gasteiger partial charge in [-0.15, -0.1) is 10.2 Å². The average Bonchev–Trinajstić information content (AvgIpc) is 2.68. The summed E-state index contributed by atoms with van der Waals surface area (Å²) >= 11 is 0. The number of piperidine rings is 1. The summed E-state index contributed by atoms with van der Waals surface area (Å²) in [7, 11) is 0. The maximum Gasteiger partial charge on any atom is 0.158 e. The predicted molar refractivity (Wildman–Crippen MR) is 98.7 cm³/mol. The second-order valence-corrected chi connectivity index (χ2v) is 6.28. The van der Waals surface area contributed by atoms with Gasteiger partial charge in [-0.25, -0.2) is 0 Å². The molecule has 130 valence electrons. The molecule has 0 saturated carbocycles. The first-order chi connectivity index (χ1) is 13.2. The van der Waals surface area contributed by atoms with Gasteiger partial charge in [0.15, 0.2) is 5.82 Å². The van der Waals surface area contributed by atoms with E-state index in [-0.39, 0.29) is 11.8 Å². The fourth-order valence-corrected chi connectivity index (χ4v) is 3.20. The average molecular weight is 347 g/mol. The van der Waals surface area contributed by atoms with Gasteiger partial charge < -0.3 is 15.7 Å². The molecule has 0 radical (unpaired) electrons. The molecular formula is C19H18N6O. The van der Waals surface area contributed by atoms with E-state index in [1.165, 1.54) is 6.07 Å². The topological polar surface area (TPSA) is 107 Å². The Morgan fingerprint density at radius 2 is 2.23 bits per heavy atom. The van der Waals surface area contributed by atoms with E-state index in [1.54, 1.807) is 29.8 Å². The highest BCUT2D eigenvalue weighted by atomic mass is 16.3. The zero-order chi connectivity index (χ0) is 18.8. The van der Waals surface area contributed by atoms with E-state index in [1.807, 2.05) is 12.1 Å². The molecule has 0 amide bonds. The van der Waals surface area contributed by atoms with Crippen LogP contribution in [0.25, 0.3) is 22.0 Å². The molecule has 1 aliphatic heterocycles. The fraction of sp³-hybridized carbons (Fsp3) is 0.263. The van der Waals surface area contributed by atoms with Crippen molar-refractivity contribution in [3.05, 3.63) is 42.2 Å². The Kier molecular flexibility index (Phi) is 4.02. The van der Waals surface area contributed by atoms with Gasteiger partial charge in [-0.3, -0.25) is 4.98 Å². The van der Waals surface area contributed by atoms with Crippen LogP contribution in [0, 0.1) is 11.3 Å².